The lowest BCUT2D eigenvalue weighted by atomic mass is 9.89. The van der Waals surface area contributed by atoms with E-state index in [2.05, 4.69) is 0 Å². The van der Waals surface area contributed by atoms with E-state index >= 15 is 0 Å². The molecule has 0 fully saturated rings. The van der Waals surface area contributed by atoms with Crippen LogP contribution in [0.25, 0.3) is 0 Å². The predicted octanol–water partition coefficient (Wildman–Crippen LogP) is 2.18. The number of hydrogen-bond acceptors (Lipinski definition) is 5. The number of benzene rings is 1. The number of ether oxygens (including phenoxy) is 1. The normalized spacial score (nSPS) is 23.5. The van der Waals surface area contributed by atoms with Crippen molar-refractivity contribution in [1.29, 1.82) is 5.26 Å². The van der Waals surface area contributed by atoms with E-state index in [0.29, 0.717) is 16.3 Å². The van der Waals surface area contributed by atoms with Gasteiger partial charge in [-0.05, 0) is 17.7 Å². The van der Waals surface area contributed by atoms with Gasteiger partial charge in [-0.1, -0.05) is 23.7 Å². The molecule has 2 N–H and O–H groups in total. The lowest BCUT2D eigenvalue weighted by Crippen LogP contribution is -2.21. The molecule has 2 heterocycles. The maximum Gasteiger partial charge on any atom is 0.205 e. The van der Waals surface area contributed by atoms with E-state index in [9.17, 15) is 13.7 Å². The van der Waals surface area contributed by atoms with Gasteiger partial charge in [0.2, 0.25) is 5.88 Å². The van der Waals surface area contributed by atoms with E-state index in [1.165, 1.54) is 0 Å². The highest BCUT2D eigenvalue weighted by molar-refractivity contribution is 7.95. The van der Waals surface area contributed by atoms with Gasteiger partial charge in [0.15, 0.2) is 9.84 Å². The number of rotatable bonds is 1. The number of allylic oxidation sites excluding steroid dienone is 3. The quantitative estimate of drug-likeness (QED) is 0.855. The van der Waals surface area contributed by atoms with Gasteiger partial charge >= 0.3 is 0 Å². The van der Waals surface area contributed by atoms with Crippen molar-refractivity contribution in [1.82, 2.24) is 0 Å². The third-order valence-electron chi connectivity index (χ3n) is 3.56. The molecule has 7 heteroatoms. The van der Waals surface area contributed by atoms with E-state index in [4.69, 9.17) is 22.1 Å². The Morgan fingerprint density at radius 1 is 1.43 bits per heavy atom. The molecule has 2 aliphatic rings. The van der Waals surface area contributed by atoms with Crippen LogP contribution in [-0.2, 0) is 14.6 Å². The van der Waals surface area contributed by atoms with E-state index < -0.39 is 15.8 Å². The highest BCUT2D eigenvalue weighted by Gasteiger charge is 2.43. The Bertz CT molecular complexity index is 834. The van der Waals surface area contributed by atoms with Crippen molar-refractivity contribution < 1.29 is 13.2 Å². The van der Waals surface area contributed by atoms with Crippen LogP contribution < -0.4 is 5.73 Å². The number of nitrogens with two attached hydrogens (primary N) is 1. The SMILES string of the molecule is N#CC1=C(N)OC2=C(C1c1cccc(Cl)c1)S(=O)(=O)CC2. The Morgan fingerprint density at radius 2 is 2.19 bits per heavy atom. The monoisotopic (exact) mass is 322 g/mol. The van der Waals surface area contributed by atoms with E-state index in [-0.39, 0.29) is 28.5 Å². The first kappa shape index (κ1) is 14.0. The average molecular weight is 323 g/mol. The number of nitriles is 1. The molecule has 0 saturated heterocycles. The van der Waals surface area contributed by atoms with Gasteiger partial charge in [-0.15, -0.1) is 0 Å². The molecule has 1 unspecified atom stereocenters. The fraction of sp³-hybridized carbons (Fsp3) is 0.214. The second-order valence-corrected chi connectivity index (χ2v) is 7.35. The van der Waals surface area contributed by atoms with Crippen LogP contribution in [0.2, 0.25) is 5.02 Å². The van der Waals surface area contributed by atoms with Crippen molar-refractivity contribution in [3.8, 4) is 6.07 Å². The molecule has 0 aliphatic carbocycles. The van der Waals surface area contributed by atoms with Gasteiger partial charge in [0.1, 0.15) is 17.4 Å². The van der Waals surface area contributed by atoms with Gasteiger partial charge in [0.05, 0.1) is 16.6 Å². The van der Waals surface area contributed by atoms with Gasteiger partial charge in [0, 0.05) is 11.4 Å². The average Bonchev–Trinajstić information content (AvgIpc) is 2.72. The zero-order chi connectivity index (χ0) is 15.2. The molecule has 2 aliphatic heterocycles. The van der Waals surface area contributed by atoms with Crippen molar-refractivity contribution in [3.05, 3.63) is 57.0 Å². The highest BCUT2D eigenvalue weighted by atomic mass is 35.5. The van der Waals surface area contributed by atoms with Crippen molar-refractivity contribution in [2.45, 2.75) is 12.3 Å². The summed E-state index contributed by atoms with van der Waals surface area (Å²) in [7, 11) is -3.45. The standard InChI is InChI=1S/C14H11ClN2O3S/c15-9-3-1-2-8(6-9)12-10(7-16)14(17)20-11-4-5-21(18,19)13(11)12/h1-3,6,12H,4-5,17H2. The first-order chi connectivity index (χ1) is 9.94. The Labute approximate surface area is 127 Å². The van der Waals surface area contributed by atoms with Crippen LogP contribution >= 0.6 is 11.6 Å². The van der Waals surface area contributed by atoms with Crippen LogP contribution in [0.3, 0.4) is 0 Å². The number of sulfone groups is 1. The number of halogens is 1. The molecule has 1 aromatic carbocycles. The van der Waals surface area contributed by atoms with Crippen molar-refractivity contribution in [2.75, 3.05) is 5.75 Å². The molecule has 0 radical (unpaired) electrons. The van der Waals surface area contributed by atoms with Gasteiger partial charge in [-0.2, -0.15) is 5.26 Å². The topological polar surface area (TPSA) is 93.2 Å². The third kappa shape index (κ3) is 2.19. The zero-order valence-corrected chi connectivity index (χ0v) is 12.4. The predicted molar refractivity (Wildman–Crippen MR) is 77.5 cm³/mol. The lowest BCUT2D eigenvalue weighted by molar-refractivity contribution is 0.276. The second-order valence-electron chi connectivity index (χ2n) is 4.84. The fourth-order valence-corrected chi connectivity index (χ4v) is 4.64. The first-order valence-electron chi connectivity index (χ1n) is 6.23. The highest BCUT2D eigenvalue weighted by Crippen LogP contribution is 2.46. The molecule has 5 nitrogen and oxygen atoms in total. The van der Waals surface area contributed by atoms with E-state index in [1.54, 1.807) is 24.3 Å². The summed E-state index contributed by atoms with van der Waals surface area (Å²) in [5, 5.41) is 9.80. The van der Waals surface area contributed by atoms with Gasteiger partial charge in [-0.3, -0.25) is 0 Å². The molecule has 21 heavy (non-hydrogen) atoms. The van der Waals surface area contributed by atoms with E-state index in [0.717, 1.165) is 0 Å². The second kappa shape index (κ2) is 4.79. The summed E-state index contributed by atoms with van der Waals surface area (Å²) >= 11 is 5.98. The summed E-state index contributed by atoms with van der Waals surface area (Å²) in [4.78, 5) is 0.135. The maximum absolute atomic E-state index is 12.3. The summed E-state index contributed by atoms with van der Waals surface area (Å²) < 4.78 is 29.9. The molecular weight excluding hydrogens is 312 g/mol. The summed E-state index contributed by atoms with van der Waals surface area (Å²) in [5.74, 6) is -0.486. The van der Waals surface area contributed by atoms with Crippen LogP contribution in [0, 0.1) is 11.3 Å². The molecule has 1 atom stereocenters. The largest absolute Gasteiger partial charge is 0.444 e. The van der Waals surface area contributed by atoms with Crippen molar-refractivity contribution in [2.24, 2.45) is 5.73 Å². The minimum atomic E-state index is -3.45. The summed E-state index contributed by atoms with van der Waals surface area (Å²) in [6.45, 7) is 0. The molecule has 1 aromatic rings. The van der Waals surface area contributed by atoms with Gasteiger partial charge < -0.3 is 10.5 Å². The molecule has 0 aromatic heterocycles. The fourth-order valence-electron chi connectivity index (χ4n) is 2.66. The number of nitrogens with zero attached hydrogens (tertiary/aromatic N) is 1. The minimum absolute atomic E-state index is 0.0271. The minimum Gasteiger partial charge on any atom is -0.444 e. The van der Waals surface area contributed by atoms with Crippen LogP contribution in [0.4, 0.5) is 0 Å². The smallest absolute Gasteiger partial charge is 0.205 e. The van der Waals surface area contributed by atoms with Gasteiger partial charge in [-0.25, -0.2) is 8.42 Å². The molecule has 0 amide bonds. The first-order valence-corrected chi connectivity index (χ1v) is 8.26. The van der Waals surface area contributed by atoms with Crippen LogP contribution in [0.1, 0.15) is 17.9 Å². The van der Waals surface area contributed by atoms with Crippen molar-refractivity contribution in [3.63, 3.8) is 0 Å². The Hall–Kier alpha value is -1.97. The van der Waals surface area contributed by atoms with Crippen LogP contribution in [0.15, 0.2) is 46.4 Å². The Morgan fingerprint density at radius 3 is 2.86 bits per heavy atom. The molecule has 0 spiro atoms. The molecule has 108 valence electrons. The summed E-state index contributed by atoms with van der Waals surface area (Å²) in [6, 6.07) is 8.72. The lowest BCUT2D eigenvalue weighted by Gasteiger charge is -2.25. The molecule has 0 saturated carbocycles. The van der Waals surface area contributed by atoms with Crippen LogP contribution in [-0.4, -0.2) is 14.2 Å². The Kier molecular flexibility index (Phi) is 3.19. The van der Waals surface area contributed by atoms with Gasteiger partial charge in [0.25, 0.3) is 0 Å². The zero-order valence-electron chi connectivity index (χ0n) is 10.8. The summed E-state index contributed by atoms with van der Waals surface area (Å²) in [5.41, 5.74) is 6.49. The summed E-state index contributed by atoms with van der Waals surface area (Å²) in [6.07, 6.45) is 0.272. The molecule has 3 rings (SSSR count). The molecular formula is C14H11ClN2O3S. The van der Waals surface area contributed by atoms with Crippen molar-refractivity contribution >= 4 is 21.4 Å². The van der Waals surface area contributed by atoms with Crippen LogP contribution in [0.5, 0.6) is 0 Å². The molecule has 0 bridgehead atoms. The third-order valence-corrected chi connectivity index (χ3v) is 5.67. The maximum atomic E-state index is 12.3. The Balaban J connectivity index is 2.25. The number of hydrogen-bond donors (Lipinski definition) is 1. The van der Waals surface area contributed by atoms with E-state index in [1.807, 2.05) is 6.07 Å².